The van der Waals surface area contributed by atoms with Gasteiger partial charge in [-0.05, 0) is 73.7 Å². The Bertz CT molecular complexity index is 852. The molecule has 1 heterocycles. The third-order valence-corrected chi connectivity index (χ3v) is 6.11. The normalized spacial score (nSPS) is 15.0. The van der Waals surface area contributed by atoms with Gasteiger partial charge in [-0.15, -0.1) is 5.10 Å². The highest BCUT2D eigenvalue weighted by molar-refractivity contribution is 7.89. The number of fused-ring (bicyclic) bond motifs is 1. The minimum absolute atomic E-state index is 0.129. The SMILES string of the molecule is CN(Cc1nnnn1C(C)(C)C)S(=O)(=O)c1ccc2c(c1)CCC2. The van der Waals surface area contributed by atoms with Crippen molar-refractivity contribution in [1.29, 1.82) is 0 Å². The fourth-order valence-corrected chi connectivity index (χ4v) is 4.17. The number of nitrogens with zero attached hydrogens (tertiary/aromatic N) is 5. The van der Waals surface area contributed by atoms with Crippen molar-refractivity contribution in [3.05, 3.63) is 35.2 Å². The topological polar surface area (TPSA) is 81.0 Å². The number of tetrazole rings is 1. The molecule has 1 aromatic heterocycles. The summed E-state index contributed by atoms with van der Waals surface area (Å²) in [6.45, 7) is 6.05. The fourth-order valence-electron chi connectivity index (χ4n) is 3.00. The summed E-state index contributed by atoms with van der Waals surface area (Å²) in [5, 5.41) is 11.6. The molecule has 0 saturated heterocycles. The van der Waals surface area contributed by atoms with Crippen LogP contribution in [0.15, 0.2) is 23.1 Å². The molecule has 1 aromatic carbocycles. The van der Waals surface area contributed by atoms with Crippen LogP contribution in [0.1, 0.15) is 44.1 Å². The average Bonchev–Trinajstić information content (AvgIpc) is 3.13. The smallest absolute Gasteiger partial charge is 0.223 e. The van der Waals surface area contributed by atoms with Crippen LogP contribution >= 0.6 is 0 Å². The maximum Gasteiger partial charge on any atom is 0.243 e. The van der Waals surface area contributed by atoms with Gasteiger partial charge in [0.15, 0.2) is 5.82 Å². The second-order valence-electron chi connectivity index (χ2n) is 7.22. The first-order chi connectivity index (χ1) is 11.2. The molecule has 24 heavy (non-hydrogen) atoms. The van der Waals surface area contributed by atoms with Gasteiger partial charge in [0.2, 0.25) is 10.0 Å². The summed E-state index contributed by atoms with van der Waals surface area (Å²) in [6.07, 6.45) is 3.07. The monoisotopic (exact) mass is 349 g/mol. The predicted molar refractivity (Wildman–Crippen MR) is 89.9 cm³/mol. The molecular weight excluding hydrogens is 326 g/mol. The summed E-state index contributed by atoms with van der Waals surface area (Å²) in [5.41, 5.74) is 2.09. The molecule has 0 N–H and O–H groups in total. The molecule has 8 heteroatoms. The predicted octanol–water partition coefficient (Wildman–Crippen LogP) is 1.74. The Morgan fingerprint density at radius 1 is 1.21 bits per heavy atom. The van der Waals surface area contributed by atoms with Crippen molar-refractivity contribution in [2.75, 3.05) is 7.05 Å². The van der Waals surface area contributed by atoms with E-state index in [4.69, 9.17) is 0 Å². The Hall–Kier alpha value is -1.80. The van der Waals surface area contributed by atoms with Crippen molar-refractivity contribution in [3.8, 4) is 0 Å². The van der Waals surface area contributed by atoms with Gasteiger partial charge in [-0.25, -0.2) is 13.1 Å². The molecule has 0 amide bonds. The van der Waals surface area contributed by atoms with Crippen LogP contribution in [0.2, 0.25) is 0 Å². The van der Waals surface area contributed by atoms with E-state index in [1.807, 2.05) is 26.8 Å². The van der Waals surface area contributed by atoms with E-state index < -0.39 is 10.0 Å². The lowest BCUT2D eigenvalue weighted by Crippen LogP contribution is -2.32. The van der Waals surface area contributed by atoms with Crippen molar-refractivity contribution in [1.82, 2.24) is 24.5 Å². The molecule has 7 nitrogen and oxygen atoms in total. The molecule has 0 radical (unpaired) electrons. The Morgan fingerprint density at radius 3 is 2.62 bits per heavy atom. The van der Waals surface area contributed by atoms with E-state index >= 15 is 0 Å². The molecule has 2 aromatic rings. The van der Waals surface area contributed by atoms with Crippen molar-refractivity contribution in [3.63, 3.8) is 0 Å². The van der Waals surface area contributed by atoms with Gasteiger partial charge in [-0.2, -0.15) is 4.31 Å². The summed E-state index contributed by atoms with van der Waals surface area (Å²) in [7, 11) is -2.01. The van der Waals surface area contributed by atoms with E-state index in [0.29, 0.717) is 10.7 Å². The minimum Gasteiger partial charge on any atom is -0.223 e. The first kappa shape index (κ1) is 17.0. The van der Waals surface area contributed by atoms with Gasteiger partial charge >= 0.3 is 0 Å². The molecule has 1 aliphatic rings. The van der Waals surface area contributed by atoms with E-state index in [-0.39, 0.29) is 12.1 Å². The number of aromatic nitrogens is 4. The lowest BCUT2D eigenvalue weighted by atomic mass is 10.1. The van der Waals surface area contributed by atoms with Crippen molar-refractivity contribution < 1.29 is 8.42 Å². The van der Waals surface area contributed by atoms with Crippen LogP contribution in [0, 0.1) is 0 Å². The van der Waals surface area contributed by atoms with Crippen LogP contribution in [0.4, 0.5) is 0 Å². The van der Waals surface area contributed by atoms with Crippen molar-refractivity contribution in [2.45, 2.75) is 57.0 Å². The number of sulfonamides is 1. The number of benzene rings is 1. The summed E-state index contributed by atoms with van der Waals surface area (Å²) < 4.78 is 28.7. The van der Waals surface area contributed by atoms with E-state index in [2.05, 4.69) is 15.5 Å². The van der Waals surface area contributed by atoms with E-state index in [1.54, 1.807) is 23.9 Å². The molecule has 1 aliphatic carbocycles. The Balaban J connectivity index is 1.87. The van der Waals surface area contributed by atoms with Crippen molar-refractivity contribution >= 4 is 10.0 Å². The zero-order chi connectivity index (χ0) is 17.5. The van der Waals surface area contributed by atoms with Crippen LogP contribution in [0.5, 0.6) is 0 Å². The number of hydrogen-bond acceptors (Lipinski definition) is 5. The Labute approximate surface area is 142 Å². The highest BCUT2D eigenvalue weighted by Crippen LogP contribution is 2.26. The lowest BCUT2D eigenvalue weighted by molar-refractivity contribution is 0.321. The molecule has 0 fully saturated rings. The number of rotatable bonds is 4. The molecule has 0 atom stereocenters. The standard InChI is InChI=1S/C16H23N5O2S/c1-16(2,3)21-15(17-18-19-21)11-20(4)24(22,23)14-9-8-12-6-5-7-13(12)10-14/h8-10H,5-7,11H2,1-4H3. The lowest BCUT2D eigenvalue weighted by Gasteiger charge is -2.22. The van der Waals surface area contributed by atoms with Crippen LogP contribution in [0.3, 0.4) is 0 Å². The Kier molecular flexibility index (Phi) is 4.21. The molecule has 3 rings (SSSR count). The van der Waals surface area contributed by atoms with Gasteiger partial charge in [-0.1, -0.05) is 6.07 Å². The van der Waals surface area contributed by atoms with Gasteiger partial charge in [0.05, 0.1) is 17.0 Å². The summed E-state index contributed by atoms with van der Waals surface area (Å²) in [4.78, 5) is 0.334. The van der Waals surface area contributed by atoms with Gasteiger partial charge in [0.25, 0.3) is 0 Å². The molecule has 0 unspecified atom stereocenters. The highest BCUT2D eigenvalue weighted by Gasteiger charge is 2.27. The van der Waals surface area contributed by atoms with E-state index in [1.165, 1.54) is 9.87 Å². The molecule has 130 valence electrons. The van der Waals surface area contributed by atoms with Gasteiger partial charge in [0.1, 0.15) is 0 Å². The zero-order valence-corrected chi connectivity index (χ0v) is 15.3. The van der Waals surface area contributed by atoms with Gasteiger partial charge < -0.3 is 0 Å². The van der Waals surface area contributed by atoms with Gasteiger partial charge in [-0.3, -0.25) is 0 Å². The van der Waals surface area contributed by atoms with Crippen LogP contribution in [-0.2, 0) is 34.9 Å². The molecule has 0 saturated carbocycles. The fraction of sp³-hybridized carbons (Fsp3) is 0.562. The third-order valence-electron chi connectivity index (χ3n) is 4.31. The first-order valence-electron chi connectivity index (χ1n) is 8.05. The highest BCUT2D eigenvalue weighted by atomic mass is 32.2. The second kappa shape index (κ2) is 5.93. The van der Waals surface area contributed by atoms with Crippen LogP contribution in [0.25, 0.3) is 0 Å². The second-order valence-corrected chi connectivity index (χ2v) is 9.27. The quantitative estimate of drug-likeness (QED) is 0.840. The summed E-state index contributed by atoms with van der Waals surface area (Å²) in [5.74, 6) is 0.523. The molecule has 0 spiro atoms. The number of aryl methyl sites for hydroxylation is 2. The largest absolute Gasteiger partial charge is 0.243 e. The van der Waals surface area contributed by atoms with Crippen molar-refractivity contribution in [2.24, 2.45) is 0 Å². The Morgan fingerprint density at radius 2 is 1.92 bits per heavy atom. The van der Waals surface area contributed by atoms with Crippen LogP contribution in [-0.4, -0.2) is 40.0 Å². The maximum absolute atomic E-state index is 12.9. The van der Waals surface area contributed by atoms with E-state index in [0.717, 1.165) is 24.8 Å². The minimum atomic E-state index is -3.57. The maximum atomic E-state index is 12.9. The molecule has 0 aliphatic heterocycles. The summed E-state index contributed by atoms with van der Waals surface area (Å²) >= 11 is 0. The van der Waals surface area contributed by atoms with E-state index in [9.17, 15) is 8.42 Å². The van der Waals surface area contributed by atoms with Crippen LogP contribution < -0.4 is 0 Å². The van der Waals surface area contributed by atoms with Gasteiger partial charge in [0, 0.05) is 7.05 Å². The summed E-state index contributed by atoms with van der Waals surface area (Å²) in [6, 6.07) is 5.44. The third kappa shape index (κ3) is 3.08. The number of hydrogen-bond donors (Lipinski definition) is 0. The average molecular weight is 349 g/mol. The first-order valence-corrected chi connectivity index (χ1v) is 9.49. The molecular formula is C16H23N5O2S. The zero-order valence-electron chi connectivity index (χ0n) is 14.5. The molecule has 0 bridgehead atoms.